The summed E-state index contributed by atoms with van der Waals surface area (Å²) in [5.74, 6) is 0.872. The second-order valence-corrected chi connectivity index (χ2v) is 7.47. The van der Waals surface area contributed by atoms with E-state index in [-0.39, 0.29) is 17.9 Å². The highest BCUT2D eigenvalue weighted by atomic mass is 35.5. The summed E-state index contributed by atoms with van der Waals surface area (Å²) in [7, 11) is 1.65. The molecule has 29 heavy (non-hydrogen) atoms. The van der Waals surface area contributed by atoms with Crippen molar-refractivity contribution in [1.82, 2.24) is 9.47 Å². The molecular formula is C22H22ClN3O3. The average Bonchev–Trinajstić information content (AvgIpc) is 2.76. The molecule has 1 amide bonds. The normalized spacial score (nSPS) is 14.3. The maximum Gasteiger partial charge on any atom is 0.242 e. The molecule has 0 spiro atoms. The third-order valence-electron chi connectivity index (χ3n) is 5.31. The minimum absolute atomic E-state index is 0.0410. The number of ether oxygens (including phenoxy) is 1. The molecule has 4 rings (SSSR count). The van der Waals surface area contributed by atoms with Crippen LogP contribution in [0.3, 0.4) is 0 Å². The molecular weight excluding hydrogens is 390 g/mol. The van der Waals surface area contributed by atoms with Crippen molar-refractivity contribution in [2.45, 2.75) is 6.54 Å². The highest BCUT2D eigenvalue weighted by Gasteiger charge is 2.21. The van der Waals surface area contributed by atoms with Gasteiger partial charge in [-0.1, -0.05) is 11.6 Å². The Morgan fingerprint density at radius 1 is 1.03 bits per heavy atom. The van der Waals surface area contributed by atoms with Gasteiger partial charge in [0, 0.05) is 54.5 Å². The summed E-state index contributed by atoms with van der Waals surface area (Å²) in [6.45, 7) is 3.07. The molecule has 0 atom stereocenters. The number of rotatable bonds is 4. The van der Waals surface area contributed by atoms with E-state index in [0.29, 0.717) is 29.0 Å². The molecule has 0 unspecified atom stereocenters. The zero-order chi connectivity index (χ0) is 20.4. The fraction of sp³-hybridized carbons (Fsp3) is 0.273. The summed E-state index contributed by atoms with van der Waals surface area (Å²) >= 11 is 6.02. The zero-order valence-electron chi connectivity index (χ0n) is 16.2. The van der Waals surface area contributed by atoms with E-state index in [9.17, 15) is 9.59 Å². The largest absolute Gasteiger partial charge is 0.497 e. The predicted molar refractivity (Wildman–Crippen MR) is 115 cm³/mol. The number of methoxy groups -OCH3 is 1. The minimum Gasteiger partial charge on any atom is -0.497 e. The van der Waals surface area contributed by atoms with Crippen molar-refractivity contribution in [3.05, 3.63) is 70.0 Å². The molecule has 0 saturated carbocycles. The van der Waals surface area contributed by atoms with E-state index in [2.05, 4.69) is 4.90 Å². The molecule has 2 aromatic carbocycles. The van der Waals surface area contributed by atoms with Crippen LogP contribution in [-0.2, 0) is 11.3 Å². The summed E-state index contributed by atoms with van der Waals surface area (Å²) in [6, 6.07) is 14.6. The number of amides is 1. The van der Waals surface area contributed by atoms with E-state index >= 15 is 0 Å². The smallest absolute Gasteiger partial charge is 0.242 e. The fourth-order valence-corrected chi connectivity index (χ4v) is 3.85. The Kier molecular flexibility index (Phi) is 5.45. The van der Waals surface area contributed by atoms with Crippen molar-refractivity contribution in [3.63, 3.8) is 0 Å². The van der Waals surface area contributed by atoms with Crippen LogP contribution in [0.5, 0.6) is 5.75 Å². The second kappa shape index (κ2) is 8.17. The number of anilines is 1. The van der Waals surface area contributed by atoms with E-state index in [1.807, 2.05) is 33.7 Å². The predicted octanol–water partition coefficient (Wildman–Crippen LogP) is 3.01. The first-order chi connectivity index (χ1) is 14.0. The van der Waals surface area contributed by atoms with Crippen molar-refractivity contribution >= 4 is 34.1 Å². The van der Waals surface area contributed by atoms with Gasteiger partial charge < -0.3 is 19.1 Å². The minimum atomic E-state index is -0.0979. The van der Waals surface area contributed by atoms with E-state index in [1.54, 1.807) is 31.5 Å². The SMILES string of the molecule is COc1ccc(N2CCN(C(=O)Cn3ccc(=O)c4cc(Cl)ccc43)CC2)cc1. The Bertz CT molecular complexity index is 1090. The number of hydrogen-bond donors (Lipinski definition) is 0. The number of carbonyl (C=O) groups excluding carboxylic acids is 1. The summed E-state index contributed by atoms with van der Waals surface area (Å²) in [6.07, 6.45) is 1.67. The lowest BCUT2D eigenvalue weighted by Crippen LogP contribution is -2.49. The van der Waals surface area contributed by atoms with Crippen LogP contribution < -0.4 is 15.1 Å². The molecule has 6 nitrogen and oxygen atoms in total. The molecule has 0 aliphatic carbocycles. The summed E-state index contributed by atoms with van der Waals surface area (Å²) < 4.78 is 7.02. The fourth-order valence-electron chi connectivity index (χ4n) is 3.67. The molecule has 0 bridgehead atoms. The molecule has 1 aliphatic rings. The summed E-state index contributed by atoms with van der Waals surface area (Å²) in [4.78, 5) is 29.1. The van der Waals surface area contributed by atoms with Gasteiger partial charge in [-0.2, -0.15) is 0 Å². The molecule has 7 heteroatoms. The number of fused-ring (bicyclic) bond motifs is 1. The van der Waals surface area contributed by atoms with Crippen molar-refractivity contribution in [1.29, 1.82) is 0 Å². The van der Waals surface area contributed by atoms with Crippen molar-refractivity contribution in [2.24, 2.45) is 0 Å². The van der Waals surface area contributed by atoms with Gasteiger partial charge in [-0.25, -0.2) is 0 Å². The van der Waals surface area contributed by atoms with Gasteiger partial charge in [0.25, 0.3) is 0 Å². The number of hydrogen-bond acceptors (Lipinski definition) is 4. The number of halogens is 1. The third kappa shape index (κ3) is 4.07. The lowest BCUT2D eigenvalue weighted by molar-refractivity contribution is -0.132. The molecule has 150 valence electrons. The topological polar surface area (TPSA) is 54.8 Å². The highest BCUT2D eigenvalue weighted by Crippen LogP contribution is 2.21. The van der Waals surface area contributed by atoms with Gasteiger partial charge in [0.1, 0.15) is 12.3 Å². The molecule has 1 aliphatic heterocycles. The van der Waals surface area contributed by atoms with Crippen molar-refractivity contribution in [3.8, 4) is 5.75 Å². The van der Waals surface area contributed by atoms with Crippen LogP contribution in [0.1, 0.15) is 0 Å². The van der Waals surface area contributed by atoms with Crippen LogP contribution in [0.4, 0.5) is 5.69 Å². The lowest BCUT2D eigenvalue weighted by Gasteiger charge is -2.36. The number of carbonyl (C=O) groups is 1. The van der Waals surface area contributed by atoms with E-state index in [4.69, 9.17) is 16.3 Å². The number of piperazine rings is 1. The number of pyridine rings is 1. The van der Waals surface area contributed by atoms with Gasteiger partial charge in [0.2, 0.25) is 5.91 Å². The summed E-state index contributed by atoms with van der Waals surface area (Å²) in [5.41, 5.74) is 1.74. The van der Waals surface area contributed by atoms with Gasteiger partial charge in [-0.05, 0) is 42.5 Å². The molecule has 1 saturated heterocycles. The van der Waals surface area contributed by atoms with Crippen LogP contribution in [0.25, 0.3) is 10.9 Å². The molecule has 0 radical (unpaired) electrons. The first-order valence-corrected chi connectivity index (χ1v) is 9.88. The first-order valence-electron chi connectivity index (χ1n) is 9.50. The standard InChI is InChI=1S/C22H22ClN3O3/c1-29-18-5-3-17(4-6-18)24-10-12-25(13-11-24)22(28)15-26-9-8-21(27)19-14-16(23)2-7-20(19)26/h2-9,14H,10-13,15H2,1H3. The maximum absolute atomic E-state index is 12.9. The van der Waals surface area contributed by atoms with Gasteiger partial charge in [0.15, 0.2) is 5.43 Å². The van der Waals surface area contributed by atoms with Crippen LogP contribution in [0.2, 0.25) is 5.02 Å². The Labute approximate surface area is 173 Å². The Balaban J connectivity index is 1.43. The van der Waals surface area contributed by atoms with Crippen LogP contribution in [-0.4, -0.2) is 48.7 Å². The van der Waals surface area contributed by atoms with E-state index in [0.717, 1.165) is 24.5 Å². The average molecular weight is 412 g/mol. The number of nitrogens with zero attached hydrogens (tertiary/aromatic N) is 3. The molecule has 0 N–H and O–H groups in total. The van der Waals surface area contributed by atoms with Crippen LogP contribution in [0, 0.1) is 0 Å². The Hall–Kier alpha value is -2.99. The van der Waals surface area contributed by atoms with Crippen molar-refractivity contribution < 1.29 is 9.53 Å². The summed E-state index contributed by atoms with van der Waals surface area (Å²) in [5, 5.41) is 1.03. The van der Waals surface area contributed by atoms with Gasteiger partial charge in [-0.3, -0.25) is 9.59 Å². The molecule has 3 aromatic rings. The maximum atomic E-state index is 12.9. The molecule has 1 aromatic heterocycles. The highest BCUT2D eigenvalue weighted by molar-refractivity contribution is 6.31. The monoisotopic (exact) mass is 411 g/mol. The van der Waals surface area contributed by atoms with Gasteiger partial charge in [0.05, 0.1) is 12.6 Å². The molecule has 1 fully saturated rings. The van der Waals surface area contributed by atoms with Gasteiger partial charge in [-0.15, -0.1) is 0 Å². The number of benzene rings is 2. The lowest BCUT2D eigenvalue weighted by atomic mass is 10.2. The van der Waals surface area contributed by atoms with Crippen LogP contribution >= 0.6 is 11.6 Å². The zero-order valence-corrected chi connectivity index (χ0v) is 16.9. The molecule has 2 heterocycles. The van der Waals surface area contributed by atoms with Crippen molar-refractivity contribution in [2.75, 3.05) is 38.2 Å². The Morgan fingerprint density at radius 3 is 2.45 bits per heavy atom. The van der Waals surface area contributed by atoms with E-state index < -0.39 is 0 Å². The first kappa shape index (κ1) is 19.3. The van der Waals surface area contributed by atoms with E-state index in [1.165, 1.54) is 6.07 Å². The Morgan fingerprint density at radius 2 is 1.76 bits per heavy atom. The number of aromatic nitrogens is 1. The van der Waals surface area contributed by atoms with Crippen LogP contribution in [0.15, 0.2) is 59.5 Å². The third-order valence-corrected chi connectivity index (χ3v) is 5.55. The van der Waals surface area contributed by atoms with Gasteiger partial charge >= 0.3 is 0 Å². The quantitative estimate of drug-likeness (QED) is 0.662. The second-order valence-electron chi connectivity index (χ2n) is 7.04.